The van der Waals surface area contributed by atoms with Crippen LogP contribution in [0.4, 0.5) is 0 Å². The van der Waals surface area contributed by atoms with Crippen LogP contribution in [-0.4, -0.2) is 37.9 Å². The molecule has 2 rings (SSSR count). The molecule has 0 spiro atoms. The lowest BCUT2D eigenvalue weighted by atomic mass is 9.93. The van der Waals surface area contributed by atoms with Gasteiger partial charge in [-0.1, -0.05) is 20.8 Å². The van der Waals surface area contributed by atoms with Gasteiger partial charge in [-0.2, -0.15) is 5.10 Å². The summed E-state index contributed by atoms with van der Waals surface area (Å²) in [4.78, 5) is 16.3. The maximum Gasteiger partial charge on any atom is 0.326 e. The van der Waals surface area contributed by atoms with Crippen molar-refractivity contribution in [2.45, 2.75) is 58.5 Å². The molecule has 1 atom stereocenters. The molecule has 1 aromatic heterocycles. The summed E-state index contributed by atoms with van der Waals surface area (Å²) in [5.74, 6) is 1.07. The fourth-order valence-corrected chi connectivity index (χ4v) is 2.74. The highest BCUT2D eigenvalue weighted by Crippen LogP contribution is 2.41. The fourth-order valence-electron chi connectivity index (χ4n) is 2.74. The molecule has 0 bridgehead atoms. The summed E-state index contributed by atoms with van der Waals surface area (Å²) in [6.45, 7) is 6.97. The number of carboxylic acid groups (broad SMARTS) is 1. The molecule has 1 heterocycles. The molecule has 2 N–H and O–H groups in total. The topological polar surface area (TPSA) is 80.0 Å². The van der Waals surface area contributed by atoms with Crippen LogP contribution in [0.2, 0.25) is 0 Å². The Hall–Kier alpha value is -1.43. The lowest BCUT2D eigenvalue weighted by molar-refractivity contribution is -0.146. The number of nitrogens with zero attached hydrogens (tertiary/aromatic N) is 3. The second-order valence-electron chi connectivity index (χ2n) is 5.39. The van der Waals surface area contributed by atoms with E-state index in [-0.39, 0.29) is 5.92 Å². The molecular formula is C14H24N4O2. The Morgan fingerprint density at radius 2 is 2.10 bits per heavy atom. The van der Waals surface area contributed by atoms with Gasteiger partial charge in [0.2, 0.25) is 0 Å². The number of hydrogen-bond acceptors (Lipinski definition) is 4. The molecule has 112 valence electrons. The van der Waals surface area contributed by atoms with Crippen LogP contribution in [0.25, 0.3) is 0 Å². The summed E-state index contributed by atoms with van der Waals surface area (Å²) in [7, 11) is 0. The molecule has 0 saturated heterocycles. The van der Waals surface area contributed by atoms with E-state index in [4.69, 9.17) is 0 Å². The molecule has 1 unspecified atom stereocenters. The first-order valence-corrected chi connectivity index (χ1v) is 7.48. The number of likely N-dealkylation sites (N-methyl/N-ethyl adjacent to an activating group) is 1. The van der Waals surface area contributed by atoms with E-state index in [0.29, 0.717) is 13.1 Å². The van der Waals surface area contributed by atoms with Gasteiger partial charge in [0, 0.05) is 12.8 Å². The molecule has 1 aliphatic rings. The van der Waals surface area contributed by atoms with Crippen molar-refractivity contribution in [1.29, 1.82) is 0 Å². The number of nitrogens with one attached hydrogen (secondary N) is 1. The van der Waals surface area contributed by atoms with E-state index in [1.807, 2.05) is 20.8 Å². The van der Waals surface area contributed by atoms with Gasteiger partial charge in [-0.15, -0.1) is 0 Å². The lowest BCUT2D eigenvalue weighted by Crippen LogP contribution is -2.57. The summed E-state index contributed by atoms with van der Waals surface area (Å²) in [6.07, 6.45) is 3.47. The third kappa shape index (κ3) is 2.70. The number of carboxylic acids is 1. The van der Waals surface area contributed by atoms with Crippen molar-refractivity contribution in [3.8, 4) is 0 Å². The first-order valence-electron chi connectivity index (χ1n) is 7.48. The van der Waals surface area contributed by atoms with Crippen molar-refractivity contribution in [2.24, 2.45) is 5.92 Å². The van der Waals surface area contributed by atoms with Gasteiger partial charge in [-0.25, -0.2) is 9.67 Å². The van der Waals surface area contributed by atoms with Crippen LogP contribution in [0.1, 0.15) is 45.3 Å². The number of carbonyl (C=O) groups is 1. The number of hydrogen-bond donors (Lipinski definition) is 2. The quantitative estimate of drug-likeness (QED) is 0.749. The van der Waals surface area contributed by atoms with E-state index in [1.165, 1.54) is 0 Å². The maximum absolute atomic E-state index is 11.8. The van der Waals surface area contributed by atoms with Crippen LogP contribution in [0.15, 0.2) is 0 Å². The zero-order valence-electron chi connectivity index (χ0n) is 12.5. The van der Waals surface area contributed by atoms with Crippen LogP contribution < -0.4 is 5.32 Å². The van der Waals surface area contributed by atoms with Crippen molar-refractivity contribution in [3.05, 3.63) is 11.6 Å². The normalized spacial score (nSPS) is 17.9. The number of rotatable bonds is 8. The average Bonchev–Trinajstić information content (AvgIpc) is 3.20. The third-order valence-corrected chi connectivity index (χ3v) is 3.97. The molecule has 1 aromatic rings. The monoisotopic (exact) mass is 280 g/mol. The highest BCUT2D eigenvalue weighted by molar-refractivity contribution is 5.79. The molecule has 0 radical (unpaired) electrons. The highest BCUT2D eigenvalue weighted by atomic mass is 16.4. The Labute approximate surface area is 119 Å². The third-order valence-electron chi connectivity index (χ3n) is 3.97. The van der Waals surface area contributed by atoms with Crippen LogP contribution in [-0.2, 0) is 24.2 Å². The van der Waals surface area contributed by atoms with Gasteiger partial charge in [0.05, 0.1) is 6.54 Å². The predicted octanol–water partition coefficient (Wildman–Crippen LogP) is 1.25. The molecule has 6 heteroatoms. The van der Waals surface area contributed by atoms with Gasteiger partial charge in [0.1, 0.15) is 11.4 Å². The van der Waals surface area contributed by atoms with Crippen LogP contribution in [0, 0.1) is 5.92 Å². The largest absolute Gasteiger partial charge is 0.480 e. The highest BCUT2D eigenvalue weighted by Gasteiger charge is 2.51. The van der Waals surface area contributed by atoms with Crippen LogP contribution >= 0.6 is 0 Å². The Balaban J connectivity index is 2.31. The zero-order valence-corrected chi connectivity index (χ0v) is 12.5. The molecule has 1 aliphatic carbocycles. The molecule has 20 heavy (non-hydrogen) atoms. The summed E-state index contributed by atoms with van der Waals surface area (Å²) in [6, 6.07) is 0. The average molecular weight is 280 g/mol. The van der Waals surface area contributed by atoms with Gasteiger partial charge in [-0.05, 0) is 25.3 Å². The second kappa shape index (κ2) is 5.91. The Morgan fingerprint density at radius 1 is 1.40 bits per heavy atom. The predicted molar refractivity (Wildman–Crippen MR) is 75.5 cm³/mol. The molecule has 6 nitrogen and oxygen atoms in total. The number of aryl methyl sites for hydroxylation is 2. The fraction of sp³-hybridized carbons (Fsp3) is 0.786. The summed E-state index contributed by atoms with van der Waals surface area (Å²) >= 11 is 0. The van der Waals surface area contributed by atoms with Crippen molar-refractivity contribution in [1.82, 2.24) is 20.1 Å². The molecule has 0 amide bonds. The smallest absolute Gasteiger partial charge is 0.326 e. The zero-order chi connectivity index (χ0) is 14.8. The lowest BCUT2D eigenvalue weighted by Gasteiger charge is -2.30. The molecule has 0 aromatic carbocycles. The van der Waals surface area contributed by atoms with Gasteiger partial charge < -0.3 is 10.4 Å². The van der Waals surface area contributed by atoms with E-state index in [9.17, 15) is 9.90 Å². The molecule has 1 saturated carbocycles. The van der Waals surface area contributed by atoms with E-state index >= 15 is 0 Å². The molecule has 1 fully saturated rings. The van der Waals surface area contributed by atoms with E-state index in [2.05, 4.69) is 15.4 Å². The van der Waals surface area contributed by atoms with E-state index in [1.54, 1.807) is 4.68 Å². The Bertz CT molecular complexity index is 482. The van der Waals surface area contributed by atoms with Crippen molar-refractivity contribution < 1.29 is 9.90 Å². The van der Waals surface area contributed by atoms with Crippen LogP contribution in [0.3, 0.4) is 0 Å². The van der Waals surface area contributed by atoms with Gasteiger partial charge in [0.25, 0.3) is 0 Å². The first kappa shape index (κ1) is 15.0. The summed E-state index contributed by atoms with van der Waals surface area (Å²) < 4.78 is 1.79. The first-order chi connectivity index (χ1) is 9.57. The minimum Gasteiger partial charge on any atom is -0.480 e. The number of aromatic nitrogens is 3. The second-order valence-corrected chi connectivity index (χ2v) is 5.39. The van der Waals surface area contributed by atoms with Gasteiger partial charge >= 0.3 is 5.97 Å². The summed E-state index contributed by atoms with van der Waals surface area (Å²) in [5, 5.41) is 17.4. The minimum atomic E-state index is -0.905. The number of aliphatic carboxylic acids is 1. The van der Waals surface area contributed by atoms with Gasteiger partial charge in [0.15, 0.2) is 5.82 Å². The standard InChI is InChI=1S/C14H24N4O2/c1-4-11-16-12(5-2)18(17-11)9-14(13(19)20,15-6-3)10-7-8-10/h10,15H,4-9H2,1-3H3,(H,19,20). The molecule has 0 aliphatic heterocycles. The van der Waals surface area contributed by atoms with E-state index in [0.717, 1.165) is 37.3 Å². The minimum absolute atomic E-state index is 0.193. The van der Waals surface area contributed by atoms with E-state index < -0.39 is 11.5 Å². The van der Waals surface area contributed by atoms with Crippen molar-refractivity contribution in [2.75, 3.05) is 6.54 Å². The van der Waals surface area contributed by atoms with Crippen LogP contribution in [0.5, 0.6) is 0 Å². The van der Waals surface area contributed by atoms with Crippen molar-refractivity contribution in [3.63, 3.8) is 0 Å². The summed E-state index contributed by atoms with van der Waals surface area (Å²) in [5.41, 5.74) is -0.905. The maximum atomic E-state index is 11.8. The SMILES string of the molecule is CCNC(Cn1nc(CC)nc1CC)(C(=O)O)C1CC1. The van der Waals surface area contributed by atoms with Gasteiger partial charge in [-0.3, -0.25) is 4.79 Å². The van der Waals surface area contributed by atoms with Crippen molar-refractivity contribution >= 4 is 5.97 Å². The Kier molecular flexibility index (Phi) is 4.42. The molecular weight excluding hydrogens is 256 g/mol. The Morgan fingerprint density at radius 3 is 2.55 bits per heavy atom.